The van der Waals surface area contributed by atoms with Crippen LogP contribution in [-0.4, -0.2) is 15.8 Å². The van der Waals surface area contributed by atoms with Crippen molar-refractivity contribution >= 4 is 95.5 Å². The van der Waals surface area contributed by atoms with Crippen LogP contribution in [0.1, 0.15) is 59.6 Å². The SMILES string of the molecule is [2H]c1c([2H])c([2H])c2c(c1[2H])c1c([2H])c([2H])c([2H])c([2H])c1n2-c1cc2c3c(c1)N(c1c(-c4ccccc4)cc(C(C)(C)C)cc1-c1ccccc1)c1cc(-c4ccc5c(c4)c4ccccc4n5-c4ccccc4)ccc1B3c1ccc3c(c1S2)-c1ccccc1C3(c1ccccc1)c1ccccc1. The molecule has 94 heavy (non-hydrogen) atoms. The molecule has 4 heterocycles. The molecule has 2 aromatic heterocycles. The lowest BCUT2D eigenvalue weighted by Crippen LogP contribution is -2.60. The van der Waals surface area contributed by atoms with E-state index in [-0.39, 0.29) is 51.4 Å². The Labute approximate surface area is 563 Å². The van der Waals surface area contributed by atoms with Crippen molar-refractivity contribution in [2.45, 2.75) is 41.4 Å². The highest BCUT2D eigenvalue weighted by molar-refractivity contribution is 8.00. The summed E-state index contributed by atoms with van der Waals surface area (Å²) in [5, 5.41) is 2.29. The van der Waals surface area contributed by atoms with Crippen LogP contribution in [-0.2, 0) is 10.8 Å². The summed E-state index contributed by atoms with van der Waals surface area (Å²) in [5.74, 6) is 0. The normalized spacial score (nSPS) is 14.7. The van der Waals surface area contributed by atoms with Gasteiger partial charge in [0.05, 0.1) is 44.1 Å². The molecule has 0 unspecified atom stereocenters. The molecule has 0 saturated carbocycles. The Bertz CT molecular complexity index is 6070. The Hall–Kier alpha value is -11.1. The molecule has 16 aromatic rings. The second kappa shape index (κ2) is 21.0. The van der Waals surface area contributed by atoms with Crippen molar-refractivity contribution in [1.29, 1.82) is 0 Å². The van der Waals surface area contributed by atoms with Gasteiger partial charge in [0, 0.05) is 70.8 Å². The molecule has 3 aliphatic rings. The van der Waals surface area contributed by atoms with Crippen LogP contribution in [0.2, 0.25) is 0 Å². The van der Waals surface area contributed by atoms with Gasteiger partial charge in [0.2, 0.25) is 6.71 Å². The standard InChI is InChI=1S/C89H62BN3S/c1-88(2,3)63-53-70(57-27-9-4-10-28-57)86(71(54-63)58-29-11-5-12-30-58)93-81-52-60(59-46-50-80-72(51-59)68-39-22-26-44-79(68)91(80)64-35-17-8-18-36-64)45-48-75(81)90-76-49-47-74-84(69-40-19-23-41-73(69)89(74,61-31-13-6-14-32-61)62-33-15-7-16-34-62)87(76)94-83-56-65(55-82(93)85(83)90)92-77-42-24-20-37-66(77)67-38-21-25-43-78(67)92/h4-56H,1-3H3/i20D,21D,24D,25D,37D,38D,42D,43D. The molecular formula is C89H62BN3S. The number of benzene rings is 14. The first kappa shape index (κ1) is 46.9. The van der Waals surface area contributed by atoms with Gasteiger partial charge in [0.15, 0.2) is 0 Å². The van der Waals surface area contributed by atoms with Gasteiger partial charge in [-0.1, -0.05) is 287 Å². The summed E-state index contributed by atoms with van der Waals surface area (Å²) >= 11 is 1.70. The van der Waals surface area contributed by atoms with Crippen LogP contribution in [0, 0.1) is 0 Å². The molecule has 0 bridgehead atoms. The lowest BCUT2D eigenvalue weighted by Gasteiger charge is -2.43. The molecule has 0 amide bonds. The number of nitrogens with zero attached hydrogens (tertiary/aromatic N) is 3. The Morgan fingerprint density at radius 1 is 0.394 bits per heavy atom. The quantitative estimate of drug-likeness (QED) is 0.141. The molecule has 19 rings (SSSR count). The molecule has 2 aliphatic heterocycles. The fourth-order valence-electron chi connectivity index (χ4n) is 15.9. The molecule has 0 N–H and O–H groups in total. The van der Waals surface area contributed by atoms with E-state index in [1.807, 2.05) is 0 Å². The summed E-state index contributed by atoms with van der Waals surface area (Å²) in [7, 11) is 0. The third-order valence-electron chi connectivity index (χ3n) is 20.0. The molecule has 0 spiro atoms. The van der Waals surface area contributed by atoms with Crippen LogP contribution >= 0.6 is 11.8 Å². The highest BCUT2D eigenvalue weighted by Crippen LogP contribution is 2.60. The molecule has 3 nitrogen and oxygen atoms in total. The van der Waals surface area contributed by atoms with Gasteiger partial charge in [-0.2, -0.15) is 0 Å². The zero-order chi connectivity index (χ0) is 69.4. The predicted molar refractivity (Wildman–Crippen MR) is 397 cm³/mol. The minimum Gasteiger partial charge on any atom is -0.310 e. The van der Waals surface area contributed by atoms with Gasteiger partial charge in [0.25, 0.3) is 0 Å². The molecular weight excluding hydrogens is 1150 g/mol. The summed E-state index contributed by atoms with van der Waals surface area (Å²) in [5.41, 5.74) is 22.7. The monoisotopic (exact) mass is 1220 g/mol. The molecule has 442 valence electrons. The minimum atomic E-state index is -0.724. The molecule has 0 saturated heterocycles. The van der Waals surface area contributed by atoms with E-state index in [4.69, 9.17) is 2.74 Å². The Morgan fingerprint density at radius 2 is 0.936 bits per heavy atom. The van der Waals surface area contributed by atoms with Crippen LogP contribution in [0.15, 0.2) is 331 Å². The first-order chi connectivity index (χ1) is 49.6. The fourth-order valence-corrected chi connectivity index (χ4v) is 17.3. The van der Waals surface area contributed by atoms with Crippen LogP contribution in [0.4, 0.5) is 17.1 Å². The molecule has 14 aromatic carbocycles. The lowest BCUT2D eigenvalue weighted by molar-refractivity contribution is 0.591. The number of anilines is 3. The number of hydrogen-bond donors (Lipinski definition) is 0. The highest BCUT2D eigenvalue weighted by Gasteiger charge is 2.50. The molecule has 5 heteroatoms. The topological polar surface area (TPSA) is 13.1 Å². The maximum Gasteiger partial charge on any atom is 0.249 e. The van der Waals surface area contributed by atoms with Crippen LogP contribution in [0.25, 0.3) is 99.5 Å². The van der Waals surface area contributed by atoms with Gasteiger partial charge in [-0.15, -0.1) is 0 Å². The van der Waals surface area contributed by atoms with Gasteiger partial charge in [0.1, 0.15) is 0 Å². The number of fused-ring (bicyclic) bond motifs is 14. The van der Waals surface area contributed by atoms with E-state index >= 15 is 0 Å². The summed E-state index contributed by atoms with van der Waals surface area (Å²) in [6, 6.07) is 95.0. The van der Waals surface area contributed by atoms with E-state index in [9.17, 15) is 8.22 Å². The van der Waals surface area contributed by atoms with Gasteiger partial charge in [-0.3, -0.25) is 0 Å². The highest BCUT2D eigenvalue weighted by atomic mass is 32.2. The van der Waals surface area contributed by atoms with Crippen molar-refractivity contribution in [3.05, 3.63) is 349 Å². The fraction of sp³-hybridized carbons (Fsp3) is 0.0562. The van der Waals surface area contributed by atoms with Crippen molar-refractivity contribution in [3.63, 3.8) is 0 Å². The Morgan fingerprint density at radius 3 is 1.60 bits per heavy atom. The largest absolute Gasteiger partial charge is 0.310 e. The van der Waals surface area contributed by atoms with E-state index in [1.54, 1.807) is 16.3 Å². The zero-order valence-electron chi connectivity index (χ0n) is 59.8. The van der Waals surface area contributed by atoms with E-state index in [1.165, 1.54) is 5.56 Å². The number of hydrogen-bond acceptors (Lipinski definition) is 2. The van der Waals surface area contributed by atoms with Crippen molar-refractivity contribution in [3.8, 4) is 55.9 Å². The molecule has 0 radical (unpaired) electrons. The number of rotatable bonds is 8. The first-order valence-electron chi connectivity index (χ1n) is 36.2. The smallest absolute Gasteiger partial charge is 0.249 e. The van der Waals surface area contributed by atoms with Gasteiger partial charge >= 0.3 is 0 Å². The summed E-state index contributed by atoms with van der Waals surface area (Å²) in [4.78, 5) is 4.42. The number of aromatic nitrogens is 2. The molecule has 0 fully saturated rings. The van der Waals surface area contributed by atoms with Crippen LogP contribution in [0.5, 0.6) is 0 Å². The third kappa shape index (κ3) is 8.01. The Balaban J connectivity index is 0.984. The van der Waals surface area contributed by atoms with Crippen LogP contribution in [0.3, 0.4) is 0 Å². The average molecular weight is 1220 g/mol. The maximum absolute atomic E-state index is 9.94. The number of para-hydroxylation sites is 4. The van der Waals surface area contributed by atoms with Gasteiger partial charge < -0.3 is 14.0 Å². The second-order valence-electron chi connectivity index (χ2n) is 26.1. The van der Waals surface area contributed by atoms with E-state index in [2.05, 4.69) is 303 Å². The zero-order valence-corrected chi connectivity index (χ0v) is 52.6. The first-order valence-corrected chi connectivity index (χ1v) is 33.0. The van der Waals surface area contributed by atoms with Gasteiger partial charge in [-0.05, 0) is 145 Å². The lowest BCUT2D eigenvalue weighted by atomic mass is 9.34. The van der Waals surface area contributed by atoms with Crippen molar-refractivity contribution in [2.24, 2.45) is 0 Å². The van der Waals surface area contributed by atoms with Crippen molar-refractivity contribution in [1.82, 2.24) is 9.13 Å². The third-order valence-corrected chi connectivity index (χ3v) is 21.2. The van der Waals surface area contributed by atoms with E-state index in [0.29, 0.717) is 5.69 Å². The van der Waals surface area contributed by atoms with Crippen molar-refractivity contribution in [2.75, 3.05) is 4.90 Å². The molecule has 1 aliphatic carbocycles. The minimum absolute atomic E-state index is 0.0176. The summed E-state index contributed by atoms with van der Waals surface area (Å²) in [6.07, 6.45) is 0. The van der Waals surface area contributed by atoms with Gasteiger partial charge in [-0.25, -0.2) is 0 Å². The predicted octanol–water partition coefficient (Wildman–Crippen LogP) is 21.3. The van der Waals surface area contributed by atoms with Crippen molar-refractivity contribution < 1.29 is 11.0 Å². The second-order valence-corrected chi connectivity index (χ2v) is 27.1. The van der Waals surface area contributed by atoms with E-state index < -0.39 is 36.3 Å². The Kier molecular flexibility index (Phi) is 10.5. The summed E-state index contributed by atoms with van der Waals surface area (Å²) in [6.45, 7) is 6.37. The maximum atomic E-state index is 9.94. The average Bonchev–Trinajstić information content (AvgIpc) is 1.39. The van der Waals surface area contributed by atoms with E-state index in [0.717, 1.165) is 137 Å². The molecule has 0 atom stereocenters. The van der Waals surface area contributed by atoms with Crippen LogP contribution < -0.4 is 21.3 Å². The summed E-state index contributed by atoms with van der Waals surface area (Å²) < 4.78 is 80.2.